The number of oxime groups is 1. The van der Waals surface area contributed by atoms with Gasteiger partial charge < -0.3 is 15.9 Å². The Morgan fingerprint density at radius 3 is 3.05 bits per heavy atom. The first kappa shape index (κ1) is 13.7. The molecule has 19 heavy (non-hydrogen) atoms. The van der Waals surface area contributed by atoms with Crippen molar-refractivity contribution < 1.29 is 5.21 Å². The van der Waals surface area contributed by atoms with Gasteiger partial charge in [-0.3, -0.25) is 0 Å². The van der Waals surface area contributed by atoms with Crippen LogP contribution < -0.4 is 5.73 Å². The molecule has 0 aliphatic rings. The molecular formula is C13H18N4OS. The second-order valence-corrected chi connectivity index (χ2v) is 5.80. The van der Waals surface area contributed by atoms with Crippen molar-refractivity contribution in [3.8, 4) is 0 Å². The largest absolute Gasteiger partial charge is 0.409 e. The minimum absolute atomic E-state index is 0.248. The molecule has 0 saturated carbocycles. The van der Waals surface area contributed by atoms with Crippen LogP contribution >= 0.6 is 11.8 Å². The molecule has 1 atom stereocenters. The number of fused-ring (bicyclic) bond motifs is 1. The maximum absolute atomic E-state index is 8.62. The van der Waals surface area contributed by atoms with E-state index in [0.717, 1.165) is 22.6 Å². The van der Waals surface area contributed by atoms with Crippen LogP contribution in [0.1, 0.15) is 25.3 Å². The van der Waals surface area contributed by atoms with Crippen LogP contribution in [-0.2, 0) is 0 Å². The number of H-pyrrole nitrogens is 1. The number of aryl methyl sites for hydroxylation is 1. The highest BCUT2D eigenvalue weighted by atomic mass is 32.2. The highest BCUT2D eigenvalue weighted by molar-refractivity contribution is 7.99. The van der Waals surface area contributed by atoms with Crippen molar-refractivity contribution in [3.63, 3.8) is 0 Å². The first-order valence-corrected chi connectivity index (χ1v) is 7.09. The topological polar surface area (TPSA) is 87.3 Å². The summed E-state index contributed by atoms with van der Waals surface area (Å²) < 4.78 is 0. The third kappa shape index (κ3) is 3.41. The monoisotopic (exact) mass is 278 g/mol. The normalized spacial score (nSPS) is 13.9. The minimum Gasteiger partial charge on any atom is -0.409 e. The number of hydrogen-bond donors (Lipinski definition) is 3. The van der Waals surface area contributed by atoms with Crippen molar-refractivity contribution in [3.05, 3.63) is 23.8 Å². The summed E-state index contributed by atoms with van der Waals surface area (Å²) >= 11 is 1.63. The Morgan fingerprint density at radius 2 is 2.37 bits per heavy atom. The molecule has 2 aromatic rings. The van der Waals surface area contributed by atoms with E-state index < -0.39 is 0 Å². The molecule has 2 rings (SSSR count). The van der Waals surface area contributed by atoms with Crippen LogP contribution in [0.2, 0.25) is 0 Å². The van der Waals surface area contributed by atoms with Gasteiger partial charge >= 0.3 is 0 Å². The fourth-order valence-corrected chi connectivity index (χ4v) is 2.91. The number of imidazole rings is 1. The van der Waals surface area contributed by atoms with E-state index in [9.17, 15) is 0 Å². The maximum Gasteiger partial charge on any atom is 0.166 e. The quantitative estimate of drug-likeness (QED) is 0.258. The molecule has 0 saturated heterocycles. The predicted octanol–water partition coefficient (Wildman–Crippen LogP) is 2.88. The van der Waals surface area contributed by atoms with Crippen LogP contribution in [0.25, 0.3) is 11.0 Å². The Morgan fingerprint density at radius 1 is 1.58 bits per heavy atom. The zero-order chi connectivity index (χ0) is 13.8. The summed E-state index contributed by atoms with van der Waals surface area (Å²) in [6.45, 7) is 4.13. The van der Waals surface area contributed by atoms with Crippen molar-refractivity contribution in [2.75, 3.05) is 0 Å². The number of nitrogens with one attached hydrogen (secondary N) is 1. The standard InChI is InChI=1S/C13H18N4OS/c1-3-9(7-12(14)17-18)19-13-15-10-5-4-8(2)6-11(10)16-13/h4-6,9,18H,3,7H2,1-2H3,(H2,14,17)(H,15,16). The van der Waals surface area contributed by atoms with E-state index in [-0.39, 0.29) is 11.1 Å². The Hall–Kier alpha value is -1.69. The highest BCUT2D eigenvalue weighted by Crippen LogP contribution is 2.27. The van der Waals surface area contributed by atoms with Crippen LogP contribution in [-0.4, -0.2) is 26.3 Å². The van der Waals surface area contributed by atoms with E-state index in [1.807, 2.05) is 12.1 Å². The molecule has 0 fully saturated rings. The summed E-state index contributed by atoms with van der Waals surface area (Å²) in [4.78, 5) is 7.84. The molecule has 5 nitrogen and oxygen atoms in total. The number of nitrogens with two attached hydrogens (primary N) is 1. The first-order valence-electron chi connectivity index (χ1n) is 6.21. The Bertz CT molecular complexity index is 593. The van der Waals surface area contributed by atoms with Gasteiger partial charge in [-0.1, -0.05) is 29.9 Å². The van der Waals surface area contributed by atoms with Gasteiger partial charge in [0, 0.05) is 11.7 Å². The summed E-state index contributed by atoms with van der Waals surface area (Å²) in [7, 11) is 0. The summed E-state index contributed by atoms with van der Waals surface area (Å²) in [6.07, 6.45) is 1.48. The van der Waals surface area contributed by atoms with E-state index >= 15 is 0 Å². The lowest BCUT2D eigenvalue weighted by Crippen LogP contribution is -2.18. The van der Waals surface area contributed by atoms with Gasteiger partial charge in [-0.05, 0) is 31.0 Å². The fourth-order valence-electron chi connectivity index (χ4n) is 1.86. The summed E-state index contributed by atoms with van der Waals surface area (Å²) in [5.41, 5.74) is 8.77. The van der Waals surface area contributed by atoms with Crippen molar-refractivity contribution in [2.45, 2.75) is 37.1 Å². The van der Waals surface area contributed by atoms with Crippen molar-refractivity contribution in [2.24, 2.45) is 10.9 Å². The highest BCUT2D eigenvalue weighted by Gasteiger charge is 2.13. The van der Waals surface area contributed by atoms with Crippen molar-refractivity contribution in [1.29, 1.82) is 0 Å². The van der Waals surface area contributed by atoms with Gasteiger partial charge in [-0.2, -0.15) is 0 Å². The van der Waals surface area contributed by atoms with Gasteiger partial charge in [-0.15, -0.1) is 0 Å². The average molecular weight is 278 g/mol. The average Bonchev–Trinajstić information content (AvgIpc) is 2.79. The molecule has 1 unspecified atom stereocenters. The molecule has 1 aromatic carbocycles. The number of benzene rings is 1. The predicted molar refractivity (Wildman–Crippen MR) is 78.8 cm³/mol. The molecule has 1 heterocycles. The molecule has 0 aliphatic carbocycles. The number of thioether (sulfide) groups is 1. The summed E-state index contributed by atoms with van der Waals surface area (Å²) in [5, 5.41) is 12.8. The lowest BCUT2D eigenvalue weighted by Gasteiger charge is -2.10. The third-order valence-corrected chi connectivity index (χ3v) is 4.16. The van der Waals surface area contributed by atoms with Gasteiger partial charge in [0.2, 0.25) is 0 Å². The SMILES string of the molecule is CCC(C/C(N)=N/O)Sc1nc2ccc(C)cc2[nH]1. The van der Waals surface area contributed by atoms with E-state index in [1.165, 1.54) is 5.56 Å². The Balaban J connectivity index is 2.15. The van der Waals surface area contributed by atoms with E-state index in [0.29, 0.717) is 6.42 Å². The molecule has 1 aromatic heterocycles. The number of hydrogen-bond acceptors (Lipinski definition) is 4. The van der Waals surface area contributed by atoms with Gasteiger partial charge in [0.05, 0.1) is 11.0 Å². The van der Waals surface area contributed by atoms with Gasteiger partial charge in [-0.25, -0.2) is 4.98 Å². The van der Waals surface area contributed by atoms with E-state index in [2.05, 4.69) is 35.0 Å². The third-order valence-electron chi connectivity index (χ3n) is 2.91. The zero-order valence-corrected chi connectivity index (χ0v) is 11.9. The van der Waals surface area contributed by atoms with Crippen LogP contribution in [0.15, 0.2) is 28.5 Å². The molecule has 4 N–H and O–H groups in total. The molecular weight excluding hydrogens is 260 g/mol. The molecule has 0 spiro atoms. The molecule has 0 amide bonds. The lowest BCUT2D eigenvalue weighted by atomic mass is 10.2. The van der Waals surface area contributed by atoms with Crippen molar-refractivity contribution >= 4 is 28.6 Å². The molecule has 6 heteroatoms. The maximum atomic E-state index is 8.62. The Kier molecular flexibility index (Phi) is 4.31. The summed E-state index contributed by atoms with van der Waals surface area (Å²) in [5.74, 6) is 0.256. The second kappa shape index (κ2) is 5.97. The zero-order valence-electron chi connectivity index (χ0n) is 11.1. The smallest absolute Gasteiger partial charge is 0.166 e. The van der Waals surface area contributed by atoms with E-state index in [4.69, 9.17) is 10.9 Å². The van der Waals surface area contributed by atoms with Crippen LogP contribution in [0.5, 0.6) is 0 Å². The van der Waals surface area contributed by atoms with E-state index in [1.54, 1.807) is 11.8 Å². The Labute approximate surface area is 116 Å². The molecule has 0 radical (unpaired) electrons. The van der Waals surface area contributed by atoms with Gasteiger partial charge in [0.25, 0.3) is 0 Å². The number of nitrogens with zero attached hydrogens (tertiary/aromatic N) is 2. The fraction of sp³-hybridized carbons (Fsp3) is 0.385. The van der Waals surface area contributed by atoms with Gasteiger partial charge in [0.1, 0.15) is 5.84 Å². The van der Waals surface area contributed by atoms with Gasteiger partial charge in [0.15, 0.2) is 5.16 Å². The molecule has 102 valence electrons. The number of rotatable bonds is 5. The van der Waals surface area contributed by atoms with Crippen LogP contribution in [0.4, 0.5) is 0 Å². The van der Waals surface area contributed by atoms with Crippen LogP contribution in [0, 0.1) is 6.92 Å². The number of amidine groups is 1. The second-order valence-electron chi connectivity index (χ2n) is 4.51. The lowest BCUT2D eigenvalue weighted by molar-refractivity contribution is 0.316. The molecule has 0 bridgehead atoms. The molecule has 0 aliphatic heterocycles. The summed E-state index contributed by atoms with van der Waals surface area (Å²) in [6, 6.07) is 6.14. The first-order chi connectivity index (χ1) is 9.12. The number of aromatic nitrogens is 2. The van der Waals surface area contributed by atoms with Crippen molar-refractivity contribution in [1.82, 2.24) is 9.97 Å². The number of aromatic amines is 1. The minimum atomic E-state index is 0.248. The van der Waals surface area contributed by atoms with Crippen LogP contribution in [0.3, 0.4) is 0 Å².